The normalized spacial score (nSPS) is 16.0. The van der Waals surface area contributed by atoms with Gasteiger partial charge >= 0.3 is 0 Å². The van der Waals surface area contributed by atoms with Crippen LogP contribution in [0.15, 0.2) is 53.5 Å². The summed E-state index contributed by atoms with van der Waals surface area (Å²) < 4.78 is 10.8. The molecule has 0 atom stereocenters. The van der Waals surface area contributed by atoms with Crippen molar-refractivity contribution in [3.63, 3.8) is 0 Å². The van der Waals surface area contributed by atoms with Crippen molar-refractivity contribution in [1.29, 1.82) is 0 Å². The molecule has 2 aliphatic rings. The Morgan fingerprint density at radius 3 is 2.50 bits per heavy atom. The Balaban J connectivity index is 0.00000225. The largest absolute Gasteiger partial charge is 0.454 e. The van der Waals surface area contributed by atoms with Gasteiger partial charge in [0.1, 0.15) is 0 Å². The molecule has 0 aromatic heterocycles. The van der Waals surface area contributed by atoms with Gasteiger partial charge in [0.05, 0.1) is 0 Å². The maximum Gasteiger partial charge on any atom is 0.231 e. The molecule has 150 valence electrons. The van der Waals surface area contributed by atoms with E-state index in [1.54, 1.807) is 0 Å². The molecule has 0 amide bonds. The predicted molar refractivity (Wildman–Crippen MR) is 123 cm³/mol. The fraction of sp³-hybridized carbons (Fsp3) is 0.381. The van der Waals surface area contributed by atoms with E-state index in [0.29, 0.717) is 6.79 Å². The highest BCUT2D eigenvalue weighted by Crippen LogP contribution is 2.32. The predicted octanol–water partition coefficient (Wildman–Crippen LogP) is 2.97. The van der Waals surface area contributed by atoms with Crippen LogP contribution >= 0.6 is 24.0 Å². The summed E-state index contributed by atoms with van der Waals surface area (Å²) in [6.45, 7) is 5.11. The third kappa shape index (κ3) is 4.81. The first kappa shape index (κ1) is 20.6. The summed E-state index contributed by atoms with van der Waals surface area (Å²) in [5.74, 6) is 2.65. The van der Waals surface area contributed by atoms with Crippen molar-refractivity contribution in [2.24, 2.45) is 4.99 Å². The van der Waals surface area contributed by atoms with E-state index in [4.69, 9.17) is 9.47 Å². The number of benzene rings is 2. The van der Waals surface area contributed by atoms with Gasteiger partial charge in [-0.1, -0.05) is 24.3 Å². The lowest BCUT2D eigenvalue weighted by molar-refractivity contribution is 0.174. The first-order valence-electron chi connectivity index (χ1n) is 9.47. The zero-order valence-corrected chi connectivity index (χ0v) is 18.5. The van der Waals surface area contributed by atoms with Gasteiger partial charge < -0.3 is 24.6 Å². The number of hydrogen-bond donors (Lipinski definition) is 1. The first-order valence-corrected chi connectivity index (χ1v) is 9.47. The molecular formula is C21H27IN4O2. The van der Waals surface area contributed by atoms with E-state index < -0.39 is 0 Å². The number of hydrogen-bond acceptors (Lipinski definition) is 4. The minimum Gasteiger partial charge on any atom is -0.454 e. The summed E-state index contributed by atoms with van der Waals surface area (Å²) in [7, 11) is 1.85. The number of para-hydroxylation sites is 1. The number of aliphatic imine (C=N–C) groups is 1. The molecule has 2 aromatic carbocycles. The number of fused-ring (bicyclic) bond motifs is 1. The second-order valence-corrected chi connectivity index (χ2v) is 6.72. The van der Waals surface area contributed by atoms with Gasteiger partial charge in [0.2, 0.25) is 6.79 Å². The minimum atomic E-state index is 0. The molecule has 0 bridgehead atoms. The maximum atomic E-state index is 5.45. The van der Waals surface area contributed by atoms with E-state index in [1.165, 1.54) is 11.3 Å². The minimum absolute atomic E-state index is 0. The van der Waals surface area contributed by atoms with Crippen LogP contribution in [-0.4, -0.2) is 57.4 Å². The summed E-state index contributed by atoms with van der Waals surface area (Å²) in [6, 6.07) is 16.7. The average Bonchev–Trinajstić information content (AvgIpc) is 3.20. The topological polar surface area (TPSA) is 49.3 Å². The molecule has 1 fully saturated rings. The summed E-state index contributed by atoms with van der Waals surface area (Å²) in [5.41, 5.74) is 2.53. The number of guanidine groups is 1. The third-order valence-electron chi connectivity index (χ3n) is 5.05. The number of anilines is 1. The fourth-order valence-electron chi connectivity index (χ4n) is 3.56. The monoisotopic (exact) mass is 494 g/mol. The summed E-state index contributed by atoms with van der Waals surface area (Å²) in [6.07, 6.45) is 0.916. The molecule has 0 spiro atoms. The van der Waals surface area contributed by atoms with E-state index in [2.05, 4.69) is 62.6 Å². The molecule has 0 radical (unpaired) electrons. The van der Waals surface area contributed by atoms with Crippen LogP contribution in [0.1, 0.15) is 5.56 Å². The number of piperazine rings is 1. The van der Waals surface area contributed by atoms with E-state index in [1.807, 2.05) is 13.1 Å². The SMILES string of the molecule is CN=C(NCCc1ccc2c(c1)OCO2)N1CCN(c2ccccc2)CC1.I. The molecule has 1 saturated heterocycles. The molecule has 0 saturated carbocycles. The lowest BCUT2D eigenvalue weighted by atomic mass is 10.1. The Hall–Kier alpha value is -2.16. The molecule has 2 aliphatic heterocycles. The molecule has 28 heavy (non-hydrogen) atoms. The maximum absolute atomic E-state index is 5.45. The molecule has 1 N–H and O–H groups in total. The van der Waals surface area contributed by atoms with Crippen LogP contribution in [0.2, 0.25) is 0 Å². The fourth-order valence-corrected chi connectivity index (χ4v) is 3.56. The highest BCUT2D eigenvalue weighted by Gasteiger charge is 2.19. The zero-order chi connectivity index (χ0) is 18.5. The third-order valence-corrected chi connectivity index (χ3v) is 5.05. The quantitative estimate of drug-likeness (QED) is 0.403. The standard InChI is InChI=1S/C21H26N4O2.HI/c1-22-21(23-10-9-17-7-8-19-20(15-17)27-16-26-19)25-13-11-24(12-14-25)18-5-3-2-4-6-18;/h2-8,15H,9-14,16H2,1H3,(H,22,23);1H. The molecule has 2 aromatic rings. The van der Waals surface area contributed by atoms with Crippen LogP contribution in [0, 0.1) is 0 Å². The first-order chi connectivity index (χ1) is 13.3. The van der Waals surface area contributed by atoms with Crippen LogP contribution in [-0.2, 0) is 6.42 Å². The van der Waals surface area contributed by atoms with Crippen molar-refractivity contribution < 1.29 is 9.47 Å². The Bertz CT molecular complexity index is 792. The number of nitrogens with one attached hydrogen (secondary N) is 1. The van der Waals surface area contributed by atoms with Gasteiger partial charge in [-0.25, -0.2) is 0 Å². The Labute approximate surface area is 183 Å². The molecule has 0 unspecified atom stereocenters. The zero-order valence-electron chi connectivity index (χ0n) is 16.1. The Morgan fingerprint density at radius 2 is 1.75 bits per heavy atom. The Kier molecular flexibility index (Phi) is 7.24. The van der Waals surface area contributed by atoms with Crippen LogP contribution in [0.3, 0.4) is 0 Å². The number of ether oxygens (including phenoxy) is 2. The van der Waals surface area contributed by atoms with Crippen LogP contribution < -0.4 is 19.7 Å². The van der Waals surface area contributed by atoms with Gasteiger partial charge in [0, 0.05) is 45.5 Å². The van der Waals surface area contributed by atoms with Crippen molar-refractivity contribution in [2.75, 3.05) is 51.5 Å². The number of rotatable bonds is 4. The molecule has 6 nitrogen and oxygen atoms in total. The van der Waals surface area contributed by atoms with Crippen LogP contribution in [0.4, 0.5) is 5.69 Å². The van der Waals surface area contributed by atoms with E-state index >= 15 is 0 Å². The second kappa shape index (κ2) is 9.86. The molecule has 4 rings (SSSR count). The Morgan fingerprint density at radius 1 is 1.00 bits per heavy atom. The van der Waals surface area contributed by atoms with Crippen molar-refractivity contribution in [1.82, 2.24) is 10.2 Å². The number of halogens is 1. The van der Waals surface area contributed by atoms with Crippen LogP contribution in [0.25, 0.3) is 0 Å². The van der Waals surface area contributed by atoms with Gasteiger partial charge in [-0.3, -0.25) is 4.99 Å². The smallest absolute Gasteiger partial charge is 0.231 e. The second-order valence-electron chi connectivity index (χ2n) is 6.72. The highest BCUT2D eigenvalue weighted by molar-refractivity contribution is 14.0. The number of nitrogens with zero attached hydrogens (tertiary/aromatic N) is 3. The molecule has 2 heterocycles. The summed E-state index contributed by atoms with van der Waals surface area (Å²) in [5, 5.41) is 3.50. The van der Waals surface area contributed by atoms with E-state index in [9.17, 15) is 0 Å². The highest BCUT2D eigenvalue weighted by atomic mass is 127. The molecular weight excluding hydrogens is 467 g/mol. The van der Waals surface area contributed by atoms with Gasteiger partial charge in [0.15, 0.2) is 17.5 Å². The van der Waals surface area contributed by atoms with Crippen LogP contribution in [0.5, 0.6) is 11.5 Å². The van der Waals surface area contributed by atoms with E-state index in [-0.39, 0.29) is 24.0 Å². The van der Waals surface area contributed by atoms with Crippen molar-refractivity contribution in [3.05, 3.63) is 54.1 Å². The van der Waals surface area contributed by atoms with Crippen molar-refractivity contribution in [3.8, 4) is 11.5 Å². The van der Waals surface area contributed by atoms with Gasteiger partial charge in [-0.2, -0.15) is 0 Å². The van der Waals surface area contributed by atoms with Gasteiger partial charge in [-0.05, 0) is 36.2 Å². The lowest BCUT2D eigenvalue weighted by Gasteiger charge is -2.37. The summed E-state index contributed by atoms with van der Waals surface area (Å²) >= 11 is 0. The molecule has 0 aliphatic carbocycles. The van der Waals surface area contributed by atoms with Crippen molar-refractivity contribution >= 4 is 35.6 Å². The van der Waals surface area contributed by atoms with Crippen molar-refractivity contribution in [2.45, 2.75) is 6.42 Å². The lowest BCUT2D eigenvalue weighted by Crippen LogP contribution is -2.52. The average molecular weight is 494 g/mol. The van der Waals surface area contributed by atoms with E-state index in [0.717, 1.165) is 56.6 Å². The van der Waals surface area contributed by atoms with Gasteiger partial charge in [-0.15, -0.1) is 24.0 Å². The molecule has 7 heteroatoms. The summed E-state index contributed by atoms with van der Waals surface area (Å²) in [4.78, 5) is 9.23. The van der Waals surface area contributed by atoms with Gasteiger partial charge in [0.25, 0.3) is 0 Å².